The molecule has 0 aromatic carbocycles. The molecule has 0 aliphatic carbocycles. The van der Waals surface area contributed by atoms with Crippen LogP contribution in [0.3, 0.4) is 0 Å². The molecule has 0 saturated carbocycles. The number of rotatable bonds is 5. The molecule has 0 unspecified atom stereocenters. The first-order valence-electron chi connectivity index (χ1n) is 6.94. The standard InChI is InChI=1S/C14H14N4O6S/c1-7-4-9(18(22)23)5-17(12(7)20)6-10(19)16-14-15-8(2)11(25-14)13(21)24-3/h4-5H,6H2,1-3H3,(H,15,16,19). The van der Waals surface area contributed by atoms with E-state index in [9.17, 15) is 24.5 Å². The number of amides is 1. The first-order chi connectivity index (χ1) is 11.7. The van der Waals surface area contributed by atoms with Crippen LogP contribution in [0.2, 0.25) is 0 Å². The predicted octanol–water partition coefficient (Wildman–Crippen LogP) is 1.26. The number of pyridine rings is 1. The highest BCUT2D eigenvalue weighted by Gasteiger charge is 2.18. The van der Waals surface area contributed by atoms with E-state index >= 15 is 0 Å². The summed E-state index contributed by atoms with van der Waals surface area (Å²) >= 11 is 0.933. The fraction of sp³-hybridized carbons (Fsp3) is 0.286. The number of nitro groups is 1. The highest BCUT2D eigenvalue weighted by Crippen LogP contribution is 2.23. The Morgan fingerprint density at radius 1 is 1.44 bits per heavy atom. The molecule has 132 valence electrons. The monoisotopic (exact) mass is 366 g/mol. The van der Waals surface area contributed by atoms with E-state index in [0.717, 1.165) is 28.2 Å². The number of methoxy groups -OCH3 is 1. The second-order valence-corrected chi connectivity index (χ2v) is 6.04. The Hall–Kier alpha value is -3.08. The molecule has 10 nitrogen and oxygen atoms in total. The van der Waals surface area contributed by atoms with Gasteiger partial charge in [0.1, 0.15) is 11.4 Å². The van der Waals surface area contributed by atoms with E-state index in [1.54, 1.807) is 6.92 Å². The number of carbonyl (C=O) groups is 2. The first kappa shape index (κ1) is 18.3. The molecule has 2 rings (SSSR count). The van der Waals surface area contributed by atoms with Gasteiger partial charge in [-0.3, -0.25) is 24.3 Å². The summed E-state index contributed by atoms with van der Waals surface area (Å²) in [6.07, 6.45) is 1.00. The van der Waals surface area contributed by atoms with E-state index in [1.807, 2.05) is 0 Å². The van der Waals surface area contributed by atoms with E-state index in [1.165, 1.54) is 14.0 Å². The number of hydrogen-bond donors (Lipinski definition) is 1. The van der Waals surface area contributed by atoms with Gasteiger partial charge >= 0.3 is 5.97 Å². The lowest BCUT2D eigenvalue weighted by Crippen LogP contribution is -2.28. The van der Waals surface area contributed by atoms with Gasteiger partial charge in [-0.2, -0.15) is 0 Å². The van der Waals surface area contributed by atoms with Crippen molar-refractivity contribution in [1.82, 2.24) is 9.55 Å². The highest BCUT2D eigenvalue weighted by molar-refractivity contribution is 7.17. The van der Waals surface area contributed by atoms with Gasteiger partial charge < -0.3 is 10.1 Å². The van der Waals surface area contributed by atoms with Gasteiger partial charge in [0.15, 0.2) is 5.13 Å². The zero-order chi connectivity index (χ0) is 18.7. The van der Waals surface area contributed by atoms with Crippen LogP contribution >= 0.6 is 11.3 Å². The molecule has 1 N–H and O–H groups in total. The van der Waals surface area contributed by atoms with Crippen molar-refractivity contribution in [2.45, 2.75) is 20.4 Å². The summed E-state index contributed by atoms with van der Waals surface area (Å²) in [6.45, 7) is 2.59. The van der Waals surface area contributed by atoms with Crippen LogP contribution < -0.4 is 10.9 Å². The molecule has 2 aromatic rings. The number of anilines is 1. The fourth-order valence-corrected chi connectivity index (χ4v) is 2.93. The van der Waals surface area contributed by atoms with E-state index in [4.69, 9.17) is 0 Å². The van der Waals surface area contributed by atoms with Crippen molar-refractivity contribution in [2.75, 3.05) is 12.4 Å². The van der Waals surface area contributed by atoms with E-state index in [-0.39, 0.29) is 21.3 Å². The third-order valence-corrected chi connectivity index (χ3v) is 4.24. The maximum Gasteiger partial charge on any atom is 0.350 e. The molecule has 0 aliphatic heterocycles. The van der Waals surface area contributed by atoms with Crippen molar-refractivity contribution in [2.24, 2.45) is 0 Å². The quantitative estimate of drug-likeness (QED) is 0.478. The van der Waals surface area contributed by atoms with Crippen LogP contribution in [-0.2, 0) is 16.1 Å². The van der Waals surface area contributed by atoms with Crippen LogP contribution in [0.1, 0.15) is 20.9 Å². The second kappa shape index (κ2) is 7.21. The first-order valence-corrected chi connectivity index (χ1v) is 7.75. The molecule has 0 bridgehead atoms. The maximum atomic E-state index is 12.1. The Bertz CT molecular complexity index is 917. The largest absolute Gasteiger partial charge is 0.465 e. The number of thiazole rings is 1. The highest BCUT2D eigenvalue weighted by atomic mass is 32.1. The molecule has 0 spiro atoms. The summed E-state index contributed by atoms with van der Waals surface area (Å²) in [7, 11) is 1.23. The molecular weight excluding hydrogens is 352 g/mol. The number of aryl methyl sites for hydroxylation is 2. The van der Waals surface area contributed by atoms with Crippen LogP contribution in [0, 0.1) is 24.0 Å². The van der Waals surface area contributed by atoms with Crippen molar-refractivity contribution in [1.29, 1.82) is 0 Å². The van der Waals surface area contributed by atoms with Crippen LogP contribution in [0.15, 0.2) is 17.1 Å². The minimum Gasteiger partial charge on any atom is -0.465 e. The van der Waals surface area contributed by atoms with Gasteiger partial charge in [0.05, 0.1) is 23.9 Å². The van der Waals surface area contributed by atoms with Gasteiger partial charge in [0, 0.05) is 11.6 Å². The molecule has 11 heteroatoms. The normalized spacial score (nSPS) is 10.4. The number of carbonyl (C=O) groups excluding carboxylic acids is 2. The number of esters is 1. The Labute approximate surface area is 145 Å². The van der Waals surface area contributed by atoms with Gasteiger partial charge in [0.25, 0.3) is 11.2 Å². The summed E-state index contributed by atoms with van der Waals surface area (Å²) in [5, 5.41) is 13.5. The zero-order valence-corrected chi connectivity index (χ0v) is 14.4. The van der Waals surface area contributed by atoms with E-state index in [0.29, 0.717) is 5.69 Å². The predicted molar refractivity (Wildman–Crippen MR) is 88.9 cm³/mol. The molecule has 0 radical (unpaired) electrons. The lowest BCUT2D eigenvalue weighted by molar-refractivity contribution is -0.385. The maximum absolute atomic E-state index is 12.1. The fourth-order valence-electron chi connectivity index (χ4n) is 2.03. The smallest absolute Gasteiger partial charge is 0.350 e. The van der Waals surface area contributed by atoms with Crippen LogP contribution in [-0.4, -0.2) is 33.5 Å². The molecular formula is C14H14N4O6S. The molecule has 1 amide bonds. The third-order valence-electron chi connectivity index (χ3n) is 3.19. The Morgan fingerprint density at radius 2 is 2.12 bits per heavy atom. The van der Waals surface area contributed by atoms with Gasteiger partial charge in [0.2, 0.25) is 5.91 Å². The Morgan fingerprint density at radius 3 is 2.72 bits per heavy atom. The lowest BCUT2D eigenvalue weighted by Gasteiger charge is -2.06. The number of aromatic nitrogens is 2. The summed E-state index contributed by atoms with van der Waals surface area (Å²) < 4.78 is 5.55. The average molecular weight is 366 g/mol. The van der Waals surface area contributed by atoms with E-state index in [2.05, 4.69) is 15.0 Å². The molecule has 25 heavy (non-hydrogen) atoms. The van der Waals surface area contributed by atoms with Crippen LogP contribution in [0.25, 0.3) is 0 Å². The van der Waals surface area contributed by atoms with Crippen molar-refractivity contribution < 1.29 is 19.2 Å². The second-order valence-electron chi connectivity index (χ2n) is 5.04. The zero-order valence-electron chi connectivity index (χ0n) is 13.6. The topological polar surface area (TPSA) is 133 Å². The number of nitrogens with zero attached hydrogens (tertiary/aromatic N) is 3. The van der Waals surface area contributed by atoms with Crippen molar-refractivity contribution in [3.8, 4) is 0 Å². The molecule has 2 aromatic heterocycles. The Balaban J connectivity index is 2.20. The van der Waals surface area contributed by atoms with E-state index < -0.39 is 28.9 Å². The summed E-state index contributed by atoms with van der Waals surface area (Å²) in [5.41, 5.74) is -0.245. The SMILES string of the molecule is COC(=O)c1sc(NC(=O)Cn2cc([N+](=O)[O-])cc(C)c2=O)nc1C. The molecule has 0 atom stereocenters. The van der Waals surface area contributed by atoms with Gasteiger partial charge in [-0.25, -0.2) is 9.78 Å². The Kier molecular flexibility index (Phi) is 5.27. The number of ether oxygens (including phenoxy) is 1. The van der Waals surface area contributed by atoms with Gasteiger partial charge in [-0.1, -0.05) is 11.3 Å². The van der Waals surface area contributed by atoms with Crippen LogP contribution in [0.4, 0.5) is 10.8 Å². The van der Waals surface area contributed by atoms with Crippen molar-refractivity contribution in [3.05, 3.63) is 48.9 Å². The molecule has 2 heterocycles. The third kappa shape index (κ3) is 4.07. The molecule has 0 fully saturated rings. The van der Waals surface area contributed by atoms with Gasteiger partial charge in [-0.05, 0) is 13.8 Å². The molecule has 0 aliphatic rings. The number of hydrogen-bond acceptors (Lipinski definition) is 8. The summed E-state index contributed by atoms with van der Waals surface area (Å²) in [4.78, 5) is 50.1. The lowest BCUT2D eigenvalue weighted by atomic mass is 10.3. The minimum atomic E-state index is -0.645. The van der Waals surface area contributed by atoms with Crippen molar-refractivity contribution >= 4 is 34.0 Å². The van der Waals surface area contributed by atoms with Gasteiger partial charge in [-0.15, -0.1) is 0 Å². The summed E-state index contributed by atoms with van der Waals surface area (Å²) in [6, 6.07) is 1.14. The molecule has 0 saturated heterocycles. The van der Waals surface area contributed by atoms with Crippen LogP contribution in [0.5, 0.6) is 0 Å². The summed E-state index contributed by atoms with van der Waals surface area (Å²) in [5.74, 6) is -1.17. The average Bonchev–Trinajstić information content (AvgIpc) is 2.90. The number of nitrogens with one attached hydrogen (secondary N) is 1. The van der Waals surface area contributed by atoms with Crippen molar-refractivity contribution in [3.63, 3.8) is 0 Å². The minimum absolute atomic E-state index is 0.153.